The normalized spacial score (nSPS) is 15.4. The van der Waals surface area contributed by atoms with Gasteiger partial charge in [0, 0.05) is 19.8 Å². The van der Waals surface area contributed by atoms with E-state index >= 15 is 0 Å². The van der Waals surface area contributed by atoms with Crippen molar-refractivity contribution >= 4 is 0 Å². The minimum Gasteiger partial charge on any atom is -0.385 e. The molecule has 0 saturated heterocycles. The van der Waals surface area contributed by atoms with Crippen molar-refractivity contribution in [2.45, 2.75) is 52.5 Å². The summed E-state index contributed by atoms with van der Waals surface area (Å²) in [6.07, 6.45) is 5.02. The molecule has 1 N–H and O–H groups in total. The van der Waals surface area contributed by atoms with Gasteiger partial charge < -0.3 is 10.1 Å². The zero-order valence-electron chi connectivity index (χ0n) is 10.3. The van der Waals surface area contributed by atoms with Crippen LogP contribution in [-0.4, -0.2) is 26.3 Å². The average molecular weight is 201 g/mol. The van der Waals surface area contributed by atoms with E-state index in [1.807, 2.05) is 0 Å². The van der Waals surface area contributed by atoms with Crippen LogP contribution < -0.4 is 5.32 Å². The maximum absolute atomic E-state index is 5.08. The summed E-state index contributed by atoms with van der Waals surface area (Å²) in [5.74, 6) is 0.789. The molecular formula is C12H27NO. The third kappa shape index (κ3) is 6.39. The van der Waals surface area contributed by atoms with Gasteiger partial charge in [0.25, 0.3) is 0 Å². The molecule has 2 unspecified atom stereocenters. The van der Waals surface area contributed by atoms with Crippen LogP contribution in [0.15, 0.2) is 0 Å². The lowest BCUT2D eigenvalue weighted by molar-refractivity contribution is 0.183. The molecule has 0 saturated carbocycles. The van der Waals surface area contributed by atoms with Crippen molar-refractivity contribution < 1.29 is 4.74 Å². The Morgan fingerprint density at radius 1 is 1.21 bits per heavy atom. The molecule has 14 heavy (non-hydrogen) atoms. The maximum Gasteiger partial charge on any atom is 0.0462 e. The van der Waals surface area contributed by atoms with Crippen LogP contribution in [0, 0.1) is 5.92 Å². The number of rotatable bonds is 9. The fourth-order valence-electron chi connectivity index (χ4n) is 1.95. The Morgan fingerprint density at radius 3 is 2.43 bits per heavy atom. The molecule has 86 valence electrons. The first-order valence-corrected chi connectivity index (χ1v) is 5.98. The number of methoxy groups -OCH3 is 1. The maximum atomic E-state index is 5.08. The van der Waals surface area contributed by atoms with Gasteiger partial charge in [-0.15, -0.1) is 0 Å². The molecule has 0 fully saturated rings. The van der Waals surface area contributed by atoms with Gasteiger partial charge in [-0.05, 0) is 31.7 Å². The zero-order chi connectivity index (χ0) is 10.8. The summed E-state index contributed by atoms with van der Waals surface area (Å²) in [5, 5.41) is 3.57. The summed E-state index contributed by atoms with van der Waals surface area (Å²) in [6.45, 7) is 8.76. The first kappa shape index (κ1) is 13.9. The molecule has 0 rings (SSSR count). The van der Waals surface area contributed by atoms with Crippen LogP contribution in [0.3, 0.4) is 0 Å². The summed E-state index contributed by atoms with van der Waals surface area (Å²) in [5.41, 5.74) is 0. The van der Waals surface area contributed by atoms with Gasteiger partial charge in [0.2, 0.25) is 0 Å². The van der Waals surface area contributed by atoms with Crippen molar-refractivity contribution in [3.63, 3.8) is 0 Å². The quantitative estimate of drug-likeness (QED) is 0.579. The van der Waals surface area contributed by atoms with Crippen LogP contribution in [0.5, 0.6) is 0 Å². The van der Waals surface area contributed by atoms with Crippen LogP contribution in [0.1, 0.15) is 46.5 Å². The van der Waals surface area contributed by atoms with Crippen molar-refractivity contribution in [3.8, 4) is 0 Å². The molecule has 0 aliphatic rings. The highest BCUT2D eigenvalue weighted by molar-refractivity contribution is 4.72. The van der Waals surface area contributed by atoms with Gasteiger partial charge in [0.15, 0.2) is 0 Å². The van der Waals surface area contributed by atoms with Crippen molar-refractivity contribution in [2.75, 3.05) is 20.3 Å². The van der Waals surface area contributed by atoms with Gasteiger partial charge in [-0.3, -0.25) is 0 Å². The van der Waals surface area contributed by atoms with Gasteiger partial charge >= 0.3 is 0 Å². The van der Waals surface area contributed by atoms with E-state index < -0.39 is 0 Å². The second-order valence-corrected chi connectivity index (χ2v) is 4.07. The number of ether oxygens (including phenoxy) is 1. The predicted molar refractivity (Wildman–Crippen MR) is 62.6 cm³/mol. The lowest BCUT2D eigenvalue weighted by Gasteiger charge is -2.24. The van der Waals surface area contributed by atoms with Crippen molar-refractivity contribution in [2.24, 2.45) is 5.92 Å². The van der Waals surface area contributed by atoms with Crippen LogP contribution in [-0.2, 0) is 4.74 Å². The minimum absolute atomic E-state index is 0.676. The first-order valence-electron chi connectivity index (χ1n) is 5.98. The largest absolute Gasteiger partial charge is 0.385 e. The molecule has 0 heterocycles. The predicted octanol–water partition coefficient (Wildman–Crippen LogP) is 2.83. The molecule has 0 spiro atoms. The van der Waals surface area contributed by atoms with Crippen LogP contribution >= 0.6 is 0 Å². The van der Waals surface area contributed by atoms with Gasteiger partial charge in [-0.2, -0.15) is 0 Å². The van der Waals surface area contributed by atoms with Gasteiger partial charge in [0.05, 0.1) is 0 Å². The second-order valence-electron chi connectivity index (χ2n) is 4.07. The van der Waals surface area contributed by atoms with Crippen LogP contribution in [0.2, 0.25) is 0 Å². The van der Waals surface area contributed by atoms with Crippen molar-refractivity contribution in [1.82, 2.24) is 5.32 Å². The Balaban J connectivity index is 3.74. The topological polar surface area (TPSA) is 21.3 Å². The highest BCUT2D eigenvalue weighted by atomic mass is 16.5. The van der Waals surface area contributed by atoms with Crippen LogP contribution in [0.25, 0.3) is 0 Å². The molecule has 0 aliphatic carbocycles. The number of hydrogen-bond donors (Lipinski definition) is 1. The van der Waals surface area contributed by atoms with E-state index in [9.17, 15) is 0 Å². The second kappa shape index (κ2) is 9.47. The van der Waals surface area contributed by atoms with Gasteiger partial charge in [-0.25, -0.2) is 0 Å². The molecule has 0 amide bonds. The lowest BCUT2D eigenvalue weighted by atomic mass is 9.93. The van der Waals surface area contributed by atoms with E-state index in [-0.39, 0.29) is 0 Å². The monoisotopic (exact) mass is 201 g/mol. The fraction of sp³-hybridized carbons (Fsp3) is 1.00. The Morgan fingerprint density at radius 2 is 1.93 bits per heavy atom. The molecule has 0 aromatic carbocycles. The Hall–Kier alpha value is -0.0800. The minimum atomic E-state index is 0.676. The van der Waals surface area contributed by atoms with E-state index in [1.54, 1.807) is 7.11 Å². The molecule has 2 atom stereocenters. The van der Waals surface area contributed by atoms with E-state index in [0.29, 0.717) is 6.04 Å². The molecule has 0 aliphatic heterocycles. The Labute approximate surface area is 89.4 Å². The zero-order valence-corrected chi connectivity index (χ0v) is 10.3. The smallest absolute Gasteiger partial charge is 0.0462 e. The summed E-state index contributed by atoms with van der Waals surface area (Å²) in [7, 11) is 1.78. The molecule has 2 heteroatoms. The van der Waals surface area contributed by atoms with Crippen molar-refractivity contribution in [3.05, 3.63) is 0 Å². The summed E-state index contributed by atoms with van der Waals surface area (Å²) >= 11 is 0. The summed E-state index contributed by atoms with van der Waals surface area (Å²) in [4.78, 5) is 0. The van der Waals surface area contributed by atoms with E-state index in [1.165, 1.54) is 25.7 Å². The first-order chi connectivity index (χ1) is 6.76. The molecule has 0 aromatic heterocycles. The van der Waals surface area contributed by atoms with E-state index in [2.05, 4.69) is 26.1 Å². The summed E-state index contributed by atoms with van der Waals surface area (Å²) < 4.78 is 5.08. The van der Waals surface area contributed by atoms with Crippen molar-refractivity contribution in [1.29, 1.82) is 0 Å². The molecule has 0 bridgehead atoms. The highest BCUT2D eigenvalue weighted by Gasteiger charge is 2.14. The average Bonchev–Trinajstić information content (AvgIpc) is 2.17. The van der Waals surface area contributed by atoms with Gasteiger partial charge in [-0.1, -0.05) is 27.2 Å². The molecule has 0 aromatic rings. The standard InChI is InChI=1S/C12H27NO/c1-5-8-11(3)12(13-6-2)9-7-10-14-4/h11-13H,5-10H2,1-4H3. The number of hydrogen-bond acceptors (Lipinski definition) is 2. The van der Waals surface area contributed by atoms with Crippen LogP contribution in [0.4, 0.5) is 0 Å². The SMILES string of the molecule is CCCC(C)C(CCCOC)NCC. The molecular weight excluding hydrogens is 174 g/mol. The Kier molecular flexibility index (Phi) is 9.42. The summed E-state index contributed by atoms with van der Waals surface area (Å²) in [6, 6.07) is 0.676. The Bertz CT molecular complexity index is 117. The molecule has 0 radical (unpaired) electrons. The van der Waals surface area contributed by atoms with E-state index in [0.717, 1.165) is 19.1 Å². The van der Waals surface area contributed by atoms with Gasteiger partial charge in [0.1, 0.15) is 0 Å². The lowest BCUT2D eigenvalue weighted by Crippen LogP contribution is -2.35. The fourth-order valence-corrected chi connectivity index (χ4v) is 1.95. The van der Waals surface area contributed by atoms with E-state index in [4.69, 9.17) is 4.74 Å². The highest BCUT2D eigenvalue weighted by Crippen LogP contribution is 2.14. The third-order valence-electron chi connectivity index (χ3n) is 2.76. The molecule has 2 nitrogen and oxygen atoms in total. The third-order valence-corrected chi connectivity index (χ3v) is 2.76. The number of nitrogens with one attached hydrogen (secondary N) is 1.